The number of ether oxygens (including phenoxy) is 3. The molecule has 186 valence electrons. The second-order valence-corrected chi connectivity index (χ2v) is 7.67. The monoisotopic (exact) mass is 492 g/mol. The van der Waals surface area contributed by atoms with Crippen LogP contribution in [0.5, 0.6) is 28.7 Å². The summed E-state index contributed by atoms with van der Waals surface area (Å²) in [4.78, 5) is 25.3. The molecule has 0 bridgehead atoms. The zero-order chi connectivity index (χ0) is 25.6. The number of esters is 1. The van der Waals surface area contributed by atoms with Crippen molar-refractivity contribution in [2.75, 3.05) is 7.11 Å². The largest absolute Gasteiger partial charge is 0.508 e. The molecule has 0 saturated carbocycles. The molecule has 5 atom stereocenters. The average molecular weight is 492 g/mol. The predicted molar refractivity (Wildman–Crippen MR) is 114 cm³/mol. The van der Waals surface area contributed by atoms with Gasteiger partial charge in [-0.3, -0.25) is 4.79 Å². The Morgan fingerprint density at radius 2 is 1.63 bits per heavy atom. The lowest BCUT2D eigenvalue weighted by Crippen LogP contribution is -2.61. The number of hydrogen-bond acceptors (Lipinski definition) is 13. The Bertz CT molecular complexity index is 1350. The average Bonchev–Trinajstić information content (AvgIpc) is 2.81. The molecule has 1 aliphatic heterocycles. The maximum atomic E-state index is 13.3. The lowest BCUT2D eigenvalue weighted by molar-refractivity contribution is -0.272. The van der Waals surface area contributed by atoms with E-state index in [0.717, 1.165) is 31.4 Å². The molecule has 2 heterocycles. The maximum absolute atomic E-state index is 13.3. The molecular weight excluding hydrogens is 472 g/mol. The first-order valence-corrected chi connectivity index (χ1v) is 10.0. The standard InChI is InChI=1S/C22H20O13/c1-32-21(31)20-16(29)15(28)17(30)22(35-20)34-19-14(27)13-11(26)5-8(23)6-12(13)33-18(19)7-2-3-9(24)10(25)4-7/h2-6,15-17,20,22-26,28-30H,1H3. The molecular formula is C22H20O13. The Hall–Kier alpha value is -4.04. The minimum Gasteiger partial charge on any atom is -0.508 e. The van der Waals surface area contributed by atoms with Crippen LogP contribution in [0.1, 0.15) is 0 Å². The Labute approximate surface area is 195 Å². The molecule has 1 aromatic heterocycles. The third-order valence-electron chi connectivity index (χ3n) is 5.39. The van der Waals surface area contributed by atoms with E-state index in [2.05, 4.69) is 4.74 Å². The van der Waals surface area contributed by atoms with E-state index in [0.29, 0.717) is 0 Å². The molecule has 1 aliphatic rings. The number of rotatable bonds is 4. The highest BCUT2D eigenvalue weighted by Gasteiger charge is 2.49. The van der Waals surface area contributed by atoms with Crippen LogP contribution in [0.2, 0.25) is 0 Å². The van der Waals surface area contributed by atoms with Gasteiger partial charge in [0.05, 0.1) is 7.11 Å². The van der Waals surface area contributed by atoms with Crippen LogP contribution < -0.4 is 10.2 Å². The van der Waals surface area contributed by atoms with E-state index in [4.69, 9.17) is 13.9 Å². The van der Waals surface area contributed by atoms with E-state index < -0.39 is 82.0 Å². The van der Waals surface area contributed by atoms with Gasteiger partial charge in [-0.15, -0.1) is 0 Å². The van der Waals surface area contributed by atoms with Gasteiger partial charge in [0.25, 0.3) is 0 Å². The summed E-state index contributed by atoms with van der Waals surface area (Å²) >= 11 is 0. The summed E-state index contributed by atoms with van der Waals surface area (Å²) in [7, 11) is 0.997. The number of carbonyl (C=O) groups is 1. The Balaban J connectivity index is 1.90. The number of hydrogen-bond donors (Lipinski definition) is 7. The smallest absolute Gasteiger partial charge is 0.337 e. The fraction of sp³-hybridized carbons (Fsp3) is 0.273. The lowest BCUT2D eigenvalue weighted by atomic mass is 9.99. The first kappa shape index (κ1) is 24.1. The summed E-state index contributed by atoms with van der Waals surface area (Å²) in [6.07, 6.45) is -9.50. The molecule has 13 nitrogen and oxygen atoms in total. The van der Waals surface area contributed by atoms with E-state index in [1.54, 1.807) is 0 Å². The first-order valence-electron chi connectivity index (χ1n) is 10.0. The molecule has 3 aromatic rings. The molecule has 7 N–H and O–H groups in total. The fourth-order valence-corrected chi connectivity index (χ4v) is 3.60. The maximum Gasteiger partial charge on any atom is 0.337 e. The molecule has 0 spiro atoms. The van der Waals surface area contributed by atoms with Crippen LogP contribution in [0, 0.1) is 0 Å². The van der Waals surface area contributed by atoms with Crippen LogP contribution >= 0.6 is 0 Å². The van der Waals surface area contributed by atoms with E-state index in [1.165, 1.54) is 6.07 Å². The van der Waals surface area contributed by atoms with Gasteiger partial charge in [0.15, 0.2) is 23.4 Å². The normalized spacial score (nSPS) is 24.3. The van der Waals surface area contributed by atoms with E-state index >= 15 is 0 Å². The number of aliphatic hydroxyl groups excluding tert-OH is 3. The van der Waals surface area contributed by atoms with Gasteiger partial charge in [-0.05, 0) is 18.2 Å². The lowest BCUT2D eigenvalue weighted by Gasteiger charge is -2.38. The van der Waals surface area contributed by atoms with E-state index in [1.807, 2.05) is 0 Å². The van der Waals surface area contributed by atoms with Gasteiger partial charge in [-0.25, -0.2) is 4.79 Å². The summed E-state index contributed by atoms with van der Waals surface area (Å²) in [6, 6.07) is 5.24. The van der Waals surface area contributed by atoms with Gasteiger partial charge >= 0.3 is 5.97 Å². The van der Waals surface area contributed by atoms with Gasteiger partial charge < -0.3 is 54.4 Å². The van der Waals surface area contributed by atoms with Crippen molar-refractivity contribution < 1.29 is 59.2 Å². The van der Waals surface area contributed by atoms with Crippen LogP contribution in [-0.4, -0.2) is 79.5 Å². The number of benzene rings is 2. The number of aliphatic hydroxyl groups is 3. The predicted octanol–water partition coefficient (Wildman–Crippen LogP) is -0.358. The van der Waals surface area contributed by atoms with Gasteiger partial charge in [-0.1, -0.05) is 0 Å². The molecule has 5 unspecified atom stereocenters. The Morgan fingerprint density at radius 3 is 2.29 bits per heavy atom. The van der Waals surface area contributed by atoms with Crippen molar-refractivity contribution in [1.82, 2.24) is 0 Å². The van der Waals surface area contributed by atoms with E-state index in [-0.39, 0.29) is 11.1 Å². The molecule has 0 aliphatic carbocycles. The van der Waals surface area contributed by atoms with Crippen LogP contribution in [0.3, 0.4) is 0 Å². The van der Waals surface area contributed by atoms with Crippen LogP contribution in [0.15, 0.2) is 39.5 Å². The quantitative estimate of drug-likeness (QED) is 0.183. The zero-order valence-electron chi connectivity index (χ0n) is 17.9. The number of phenols is 4. The summed E-state index contributed by atoms with van der Waals surface area (Å²) in [5, 5.41) is 69.7. The van der Waals surface area contributed by atoms with Crippen molar-refractivity contribution in [1.29, 1.82) is 0 Å². The zero-order valence-corrected chi connectivity index (χ0v) is 17.9. The van der Waals surface area contributed by atoms with E-state index in [9.17, 15) is 45.3 Å². The Kier molecular flexibility index (Phi) is 6.17. The third-order valence-corrected chi connectivity index (χ3v) is 5.39. The number of carbonyl (C=O) groups excluding carboxylic acids is 1. The molecule has 1 fully saturated rings. The number of methoxy groups -OCH3 is 1. The van der Waals surface area contributed by atoms with Gasteiger partial charge in [0.1, 0.15) is 40.8 Å². The molecule has 13 heteroatoms. The van der Waals surface area contributed by atoms with Crippen molar-refractivity contribution in [2.45, 2.75) is 30.7 Å². The highest BCUT2D eigenvalue weighted by molar-refractivity contribution is 5.88. The molecule has 0 radical (unpaired) electrons. The van der Waals surface area contributed by atoms with Crippen molar-refractivity contribution in [3.63, 3.8) is 0 Å². The van der Waals surface area contributed by atoms with Crippen molar-refractivity contribution >= 4 is 16.9 Å². The summed E-state index contributed by atoms with van der Waals surface area (Å²) in [5.41, 5.74) is -1.32. The van der Waals surface area contributed by atoms with Crippen molar-refractivity contribution in [3.05, 3.63) is 40.6 Å². The van der Waals surface area contributed by atoms with Crippen molar-refractivity contribution in [3.8, 4) is 40.1 Å². The SMILES string of the molecule is COC(=O)C1OC(Oc2c(-c3ccc(O)c(O)c3)oc3cc(O)cc(O)c3c2=O)C(O)C(O)C1O. The highest BCUT2D eigenvalue weighted by Crippen LogP contribution is 2.39. The Morgan fingerprint density at radius 1 is 0.914 bits per heavy atom. The highest BCUT2D eigenvalue weighted by atomic mass is 16.7. The summed E-state index contributed by atoms with van der Waals surface area (Å²) < 4.78 is 20.9. The second-order valence-electron chi connectivity index (χ2n) is 7.67. The molecule has 0 amide bonds. The first-order chi connectivity index (χ1) is 16.5. The topological polar surface area (TPSA) is 217 Å². The van der Waals surface area contributed by atoms with Gasteiger partial charge in [0, 0.05) is 17.7 Å². The fourth-order valence-electron chi connectivity index (χ4n) is 3.60. The van der Waals surface area contributed by atoms with Crippen LogP contribution in [0.4, 0.5) is 0 Å². The second kappa shape index (κ2) is 8.96. The van der Waals surface area contributed by atoms with Crippen LogP contribution in [0.25, 0.3) is 22.3 Å². The summed E-state index contributed by atoms with van der Waals surface area (Å²) in [6.45, 7) is 0. The third kappa shape index (κ3) is 4.17. The van der Waals surface area contributed by atoms with Gasteiger partial charge in [0.2, 0.25) is 17.5 Å². The number of phenolic OH excluding ortho intramolecular Hbond substituents is 4. The van der Waals surface area contributed by atoms with Crippen molar-refractivity contribution in [2.24, 2.45) is 0 Å². The number of aromatic hydroxyl groups is 4. The summed E-state index contributed by atoms with van der Waals surface area (Å²) in [5.74, 6) is -4.37. The minimum absolute atomic E-state index is 0.0208. The molecule has 2 aromatic carbocycles. The number of fused-ring (bicyclic) bond motifs is 1. The molecule has 35 heavy (non-hydrogen) atoms. The van der Waals surface area contributed by atoms with Gasteiger partial charge in [-0.2, -0.15) is 0 Å². The molecule has 4 rings (SSSR count). The van der Waals surface area contributed by atoms with Crippen LogP contribution in [-0.2, 0) is 14.3 Å². The minimum atomic E-state index is -1.96. The molecule has 1 saturated heterocycles.